The summed E-state index contributed by atoms with van der Waals surface area (Å²) < 4.78 is 10.9. The van der Waals surface area contributed by atoms with E-state index in [4.69, 9.17) is 19.4 Å². The van der Waals surface area contributed by atoms with Crippen LogP contribution in [0.15, 0.2) is 199 Å². The number of rotatable bonds is 7. The molecule has 6 nitrogen and oxygen atoms in total. The largest absolute Gasteiger partial charge is 0.456 e. The standard InChI is InChI=1S/C57H43N5OSi/c1-3-19-39(20-4-1)64(40-21-5-2-6-22-40,42-34-35-54-48(37-42)47-28-11-16-33-53(47)63-54)41-23-17-18-38(36-41)55-58-56(61-49-29-12-7-24-43(49)44-25-8-13-30-50(44)61)60-57(59-55)62-51-31-14-9-26-45(51)46-27-10-15-32-52(46)62/h1,3-4,7-20,23-37,40H,2,5-6,21-22H2. The van der Waals surface area contributed by atoms with Gasteiger partial charge in [0.1, 0.15) is 11.2 Å². The Labute approximate surface area is 371 Å². The third kappa shape index (κ3) is 5.60. The topological polar surface area (TPSA) is 61.7 Å². The van der Waals surface area contributed by atoms with Gasteiger partial charge in [0.05, 0.1) is 22.1 Å². The van der Waals surface area contributed by atoms with E-state index in [1.165, 1.54) is 53.1 Å². The summed E-state index contributed by atoms with van der Waals surface area (Å²) in [5.41, 5.74) is 7.54. The van der Waals surface area contributed by atoms with Crippen LogP contribution in [0.25, 0.3) is 88.8 Å². The van der Waals surface area contributed by atoms with E-state index < -0.39 is 8.07 Å². The lowest BCUT2D eigenvalue weighted by Crippen LogP contribution is -2.70. The number of hydrogen-bond donors (Lipinski definition) is 0. The first-order valence-corrected chi connectivity index (χ1v) is 24.6. The molecule has 4 heterocycles. The predicted molar refractivity (Wildman–Crippen MR) is 266 cm³/mol. The van der Waals surface area contributed by atoms with E-state index >= 15 is 0 Å². The van der Waals surface area contributed by atoms with Crippen LogP contribution in [-0.2, 0) is 0 Å². The zero-order valence-electron chi connectivity index (χ0n) is 35.2. The van der Waals surface area contributed by atoms with Crippen LogP contribution in [0.2, 0.25) is 5.54 Å². The summed E-state index contributed by atoms with van der Waals surface area (Å²) in [4.78, 5) is 16.4. The van der Waals surface area contributed by atoms with Crippen LogP contribution in [0.1, 0.15) is 32.1 Å². The van der Waals surface area contributed by atoms with Crippen LogP contribution in [0.4, 0.5) is 0 Å². The maximum atomic E-state index is 6.43. The lowest BCUT2D eigenvalue weighted by Gasteiger charge is -2.42. The molecular formula is C57H43N5OSi. The smallest absolute Gasteiger partial charge is 0.240 e. The molecule has 306 valence electrons. The van der Waals surface area contributed by atoms with Crippen molar-refractivity contribution in [3.8, 4) is 23.3 Å². The van der Waals surface area contributed by atoms with Crippen LogP contribution in [0.3, 0.4) is 0 Å². The van der Waals surface area contributed by atoms with E-state index in [0.29, 0.717) is 23.3 Å². The van der Waals surface area contributed by atoms with Gasteiger partial charge in [0.15, 0.2) is 13.9 Å². The summed E-state index contributed by atoms with van der Waals surface area (Å²) >= 11 is 0. The molecular weight excluding hydrogens is 799 g/mol. The van der Waals surface area contributed by atoms with E-state index in [-0.39, 0.29) is 0 Å². The van der Waals surface area contributed by atoms with Crippen molar-refractivity contribution >= 4 is 89.2 Å². The minimum absolute atomic E-state index is 0.495. The van der Waals surface area contributed by atoms with Crippen molar-refractivity contribution in [1.82, 2.24) is 24.1 Å². The number of hydrogen-bond acceptors (Lipinski definition) is 4. The van der Waals surface area contributed by atoms with Gasteiger partial charge in [0, 0.05) is 37.9 Å². The molecule has 1 aliphatic carbocycles. The molecule has 1 unspecified atom stereocenters. The van der Waals surface area contributed by atoms with Gasteiger partial charge in [-0.25, -0.2) is 0 Å². The summed E-state index contributed by atoms with van der Waals surface area (Å²) in [5.74, 6) is 1.81. The highest BCUT2D eigenvalue weighted by Crippen LogP contribution is 2.39. The number of benzene rings is 8. The summed E-state index contributed by atoms with van der Waals surface area (Å²) in [5, 5.41) is 11.2. The Hall–Kier alpha value is -7.61. The van der Waals surface area contributed by atoms with E-state index in [1.54, 1.807) is 0 Å². The van der Waals surface area contributed by atoms with Crippen molar-refractivity contribution in [1.29, 1.82) is 0 Å². The third-order valence-corrected chi connectivity index (χ3v) is 19.5. The van der Waals surface area contributed by atoms with E-state index in [9.17, 15) is 0 Å². The third-order valence-electron chi connectivity index (χ3n) is 14.0. The van der Waals surface area contributed by atoms with Crippen molar-refractivity contribution in [3.05, 3.63) is 194 Å². The van der Waals surface area contributed by atoms with E-state index in [0.717, 1.165) is 65.7 Å². The zero-order valence-corrected chi connectivity index (χ0v) is 36.2. The van der Waals surface area contributed by atoms with Gasteiger partial charge in [0.2, 0.25) is 11.9 Å². The zero-order chi connectivity index (χ0) is 42.2. The fourth-order valence-corrected chi connectivity index (χ4v) is 17.1. The molecule has 8 aromatic carbocycles. The first kappa shape index (κ1) is 37.0. The van der Waals surface area contributed by atoms with Crippen LogP contribution >= 0.6 is 0 Å². The Bertz CT molecular complexity index is 3510. The lowest BCUT2D eigenvalue weighted by atomic mass is 10.0. The monoisotopic (exact) mass is 841 g/mol. The van der Waals surface area contributed by atoms with Gasteiger partial charge in [-0.1, -0.05) is 190 Å². The highest BCUT2D eigenvalue weighted by molar-refractivity contribution is 7.12. The molecule has 0 amide bonds. The average Bonchev–Trinajstić information content (AvgIpc) is 4.03. The maximum absolute atomic E-state index is 6.43. The van der Waals surface area contributed by atoms with E-state index in [2.05, 4.69) is 203 Å². The molecule has 4 aromatic heterocycles. The Kier molecular flexibility index (Phi) is 8.52. The molecule has 0 aliphatic heterocycles. The van der Waals surface area contributed by atoms with Crippen molar-refractivity contribution in [3.63, 3.8) is 0 Å². The van der Waals surface area contributed by atoms with Gasteiger partial charge < -0.3 is 4.42 Å². The van der Waals surface area contributed by atoms with Gasteiger partial charge in [-0.15, -0.1) is 0 Å². The average molecular weight is 842 g/mol. The van der Waals surface area contributed by atoms with Gasteiger partial charge in [-0.05, 0) is 57.5 Å². The molecule has 1 fully saturated rings. The lowest BCUT2D eigenvalue weighted by molar-refractivity contribution is 0.497. The molecule has 13 rings (SSSR count). The predicted octanol–water partition coefficient (Wildman–Crippen LogP) is 12.4. The number of nitrogens with zero attached hydrogens (tertiary/aromatic N) is 5. The molecule has 1 saturated carbocycles. The SMILES string of the molecule is c1ccc([Si](c2cccc(-c3nc(-n4c5ccccc5c5ccccc54)nc(-n4c5ccccc5c5ccccc54)n3)c2)(c2ccc3oc4ccccc4c3c2)C2CCCCC2)cc1. The second-order valence-electron chi connectivity index (χ2n) is 17.4. The fraction of sp³-hybridized carbons (Fsp3) is 0.105. The molecule has 1 atom stereocenters. The molecule has 0 saturated heterocycles. The Morgan fingerprint density at radius 3 is 1.47 bits per heavy atom. The number of fused-ring (bicyclic) bond motifs is 9. The molecule has 0 N–H and O–H groups in total. The molecule has 0 spiro atoms. The van der Waals surface area contributed by atoms with Crippen molar-refractivity contribution in [2.45, 2.75) is 37.6 Å². The Balaban J connectivity index is 1.10. The maximum Gasteiger partial charge on any atom is 0.240 e. The van der Waals surface area contributed by atoms with Gasteiger partial charge in [-0.3, -0.25) is 9.13 Å². The van der Waals surface area contributed by atoms with Crippen LogP contribution in [0.5, 0.6) is 0 Å². The Morgan fingerprint density at radius 1 is 0.391 bits per heavy atom. The minimum Gasteiger partial charge on any atom is -0.456 e. The summed E-state index contributed by atoms with van der Waals surface area (Å²) in [6, 6.07) is 70.5. The molecule has 0 bridgehead atoms. The summed E-state index contributed by atoms with van der Waals surface area (Å²) in [6.07, 6.45) is 6.14. The van der Waals surface area contributed by atoms with Crippen molar-refractivity contribution < 1.29 is 4.42 Å². The van der Waals surface area contributed by atoms with Gasteiger partial charge in [0.25, 0.3) is 0 Å². The highest BCUT2D eigenvalue weighted by Gasteiger charge is 2.47. The quantitative estimate of drug-likeness (QED) is 0.118. The first-order valence-electron chi connectivity index (χ1n) is 22.6. The summed E-state index contributed by atoms with van der Waals surface area (Å²) in [6.45, 7) is 0. The van der Waals surface area contributed by atoms with Crippen LogP contribution < -0.4 is 15.6 Å². The molecule has 12 aromatic rings. The second kappa shape index (κ2) is 14.8. The first-order chi connectivity index (χ1) is 31.7. The minimum atomic E-state index is -2.77. The molecule has 0 radical (unpaired) electrons. The van der Waals surface area contributed by atoms with E-state index in [1.807, 2.05) is 0 Å². The number of furan rings is 1. The molecule has 7 heteroatoms. The second-order valence-corrected chi connectivity index (χ2v) is 21.6. The summed E-state index contributed by atoms with van der Waals surface area (Å²) in [7, 11) is -2.77. The molecule has 1 aliphatic rings. The highest BCUT2D eigenvalue weighted by atomic mass is 28.3. The number of para-hydroxylation sites is 5. The normalized spacial score (nSPS) is 14.6. The van der Waals surface area contributed by atoms with Crippen LogP contribution in [-0.4, -0.2) is 32.2 Å². The van der Waals surface area contributed by atoms with Gasteiger partial charge >= 0.3 is 0 Å². The van der Waals surface area contributed by atoms with Crippen molar-refractivity contribution in [2.24, 2.45) is 0 Å². The van der Waals surface area contributed by atoms with Crippen LogP contribution in [0, 0.1) is 0 Å². The Morgan fingerprint density at radius 2 is 0.875 bits per heavy atom. The number of aromatic nitrogens is 5. The van der Waals surface area contributed by atoms with Crippen molar-refractivity contribution in [2.75, 3.05) is 0 Å². The van der Waals surface area contributed by atoms with Gasteiger partial charge in [-0.2, -0.15) is 15.0 Å². The fourth-order valence-electron chi connectivity index (χ4n) is 11.3. The molecule has 64 heavy (non-hydrogen) atoms.